The summed E-state index contributed by atoms with van der Waals surface area (Å²) in [5.74, 6) is 0. The summed E-state index contributed by atoms with van der Waals surface area (Å²) in [6, 6.07) is -9.01. The van der Waals surface area contributed by atoms with Crippen LogP contribution in [0, 0.1) is 0 Å². The van der Waals surface area contributed by atoms with Gasteiger partial charge >= 0.3 is 0 Å². The average molecular weight is 647 g/mol. The van der Waals surface area contributed by atoms with Crippen LogP contribution in [-0.4, -0.2) is 0 Å². The first-order valence-corrected chi connectivity index (χ1v) is 14.9. The second kappa shape index (κ2) is 11.1. The van der Waals surface area contributed by atoms with E-state index in [0.29, 0.717) is 0 Å². The molecule has 1 heteroatoms. The van der Waals surface area contributed by atoms with Crippen LogP contribution in [0.5, 0.6) is 0 Å². The molecule has 0 aliphatic heterocycles. The van der Waals surface area contributed by atoms with Crippen LogP contribution in [0.25, 0.3) is 98.8 Å². The van der Waals surface area contributed by atoms with Crippen LogP contribution in [0.4, 0.5) is 0 Å². The first-order chi connectivity index (χ1) is 34.3. The van der Waals surface area contributed by atoms with Crippen molar-refractivity contribution in [3.63, 3.8) is 0 Å². The van der Waals surface area contributed by atoms with E-state index in [1.54, 1.807) is 24.3 Å². The topological polar surface area (TPSA) is 13.1 Å². The molecule has 0 radical (unpaired) electrons. The maximum absolute atomic E-state index is 9.44. The SMILES string of the molecule is [2H]c1c([2H])c([2H])c(-c2c([2H])c([2H])c([2H])c3c2oc2c([2H])c([2H])c([2H])c(-c4ccc(-c5c6c([2H])c([2H])c([2H])c([2H])c6c(-c6c([2H])c([2H])c([2H])c([2H])c6[2H])c6c([2H])c([2H])c([2H])c([2H])c56)c5ccccc45)c23)c([2H])c1[2H]. The second-order valence-corrected chi connectivity index (χ2v) is 11.0. The van der Waals surface area contributed by atoms with Crippen LogP contribution in [0.2, 0.25) is 0 Å². The van der Waals surface area contributed by atoms with Crippen molar-refractivity contribution in [3.05, 3.63) is 181 Å². The molecule has 1 aromatic heterocycles. The Labute approximate surface area is 318 Å². The fraction of sp³-hybridized carbons (Fsp3) is 0. The monoisotopic (exact) mass is 646 g/mol. The number of rotatable bonds is 4. The van der Waals surface area contributed by atoms with E-state index in [1.165, 1.54) is 12.1 Å². The van der Waals surface area contributed by atoms with Gasteiger partial charge < -0.3 is 4.42 Å². The van der Waals surface area contributed by atoms with Gasteiger partial charge in [-0.1, -0.05) is 175 Å². The lowest BCUT2D eigenvalue weighted by atomic mass is 9.83. The molecule has 9 aromatic carbocycles. The summed E-state index contributed by atoms with van der Waals surface area (Å²) in [5.41, 5.74) is -3.13. The standard InChI is InChI=1S/C48H30O/c1-3-15-31(16-4-1)33-25-13-27-43-47-37(26-14-28-44(47)49-48(33)43)36-29-30-42(35-20-8-7-19-34(35)36)46-40-23-11-9-21-38(40)45(32-17-5-2-6-18-32)39-22-10-12-24-41(39)46/h1-30H/i1D,2D,3D,4D,5D,6D,9D,10D,11D,12D,13D,14D,15D,16D,17D,18D,21D,22D,23D,24D,25D,26D,27D,28D. The van der Waals surface area contributed by atoms with Crippen LogP contribution in [0.3, 0.4) is 0 Å². The Morgan fingerprint density at radius 1 is 0.347 bits per heavy atom. The Morgan fingerprint density at radius 3 is 1.53 bits per heavy atom. The highest BCUT2D eigenvalue weighted by molar-refractivity contribution is 6.25. The molecule has 0 atom stereocenters. The van der Waals surface area contributed by atoms with E-state index < -0.39 is 189 Å². The van der Waals surface area contributed by atoms with Crippen molar-refractivity contribution >= 4 is 54.3 Å². The molecule has 228 valence electrons. The van der Waals surface area contributed by atoms with Gasteiger partial charge in [-0.15, -0.1) is 0 Å². The highest BCUT2D eigenvalue weighted by Gasteiger charge is 2.21. The second-order valence-electron chi connectivity index (χ2n) is 11.0. The van der Waals surface area contributed by atoms with E-state index in [1.807, 2.05) is 0 Å². The lowest BCUT2D eigenvalue weighted by Gasteiger charge is -2.19. The Morgan fingerprint density at radius 2 is 0.857 bits per heavy atom. The summed E-state index contributed by atoms with van der Waals surface area (Å²) in [5, 5.41) is -1.66. The maximum atomic E-state index is 9.44. The molecule has 1 heterocycles. The third kappa shape index (κ3) is 4.26. The molecular weight excluding hydrogens is 593 g/mol. The number of fused-ring (bicyclic) bond motifs is 6. The van der Waals surface area contributed by atoms with Crippen LogP contribution >= 0.6 is 0 Å². The van der Waals surface area contributed by atoms with Crippen LogP contribution in [0.15, 0.2) is 186 Å². The van der Waals surface area contributed by atoms with Gasteiger partial charge in [-0.25, -0.2) is 0 Å². The molecule has 0 N–H and O–H groups in total. The fourth-order valence-electron chi connectivity index (χ4n) is 6.49. The zero-order valence-electron chi connectivity index (χ0n) is 48.9. The Hall–Kier alpha value is -6.44. The third-order valence-corrected chi connectivity index (χ3v) is 8.46. The molecule has 0 amide bonds. The van der Waals surface area contributed by atoms with Crippen molar-refractivity contribution < 1.29 is 37.3 Å². The minimum Gasteiger partial charge on any atom is -0.455 e. The minimum atomic E-state index is -0.825. The molecule has 10 rings (SSSR count). The van der Waals surface area contributed by atoms with E-state index in [-0.39, 0.29) is 54.6 Å². The molecule has 10 aromatic rings. The highest BCUT2D eigenvalue weighted by Crippen LogP contribution is 2.48. The first kappa shape index (κ1) is 12.9. The molecule has 0 aliphatic carbocycles. The normalized spacial score (nSPS) is 18.5. The van der Waals surface area contributed by atoms with E-state index in [2.05, 4.69) is 0 Å². The Balaban J connectivity index is 1.41. The summed E-state index contributed by atoms with van der Waals surface area (Å²) in [4.78, 5) is 0. The van der Waals surface area contributed by atoms with Crippen molar-refractivity contribution in [2.75, 3.05) is 0 Å². The summed E-state index contributed by atoms with van der Waals surface area (Å²) >= 11 is 0. The van der Waals surface area contributed by atoms with Gasteiger partial charge in [0.15, 0.2) is 0 Å². The molecule has 1 nitrogen and oxygen atoms in total. The molecule has 0 bridgehead atoms. The largest absolute Gasteiger partial charge is 0.455 e. The predicted molar refractivity (Wildman–Crippen MR) is 208 cm³/mol. The van der Waals surface area contributed by atoms with E-state index in [9.17, 15) is 8.22 Å². The Bertz CT molecular complexity index is 4120. The molecule has 0 unspecified atom stereocenters. The van der Waals surface area contributed by atoms with Gasteiger partial charge in [-0.05, 0) is 77.3 Å². The van der Waals surface area contributed by atoms with Crippen LogP contribution < -0.4 is 0 Å². The Kier molecular flexibility index (Phi) is 2.91. The number of hydrogen-bond donors (Lipinski definition) is 0. The number of hydrogen-bond acceptors (Lipinski definition) is 1. The average Bonchev–Trinajstić information content (AvgIpc) is 3.77. The zero-order valence-corrected chi connectivity index (χ0v) is 24.9. The van der Waals surface area contributed by atoms with Crippen molar-refractivity contribution in [1.82, 2.24) is 0 Å². The maximum Gasteiger partial charge on any atom is 0.143 e. The van der Waals surface area contributed by atoms with Crippen LogP contribution in [-0.2, 0) is 0 Å². The molecule has 0 saturated heterocycles. The smallest absolute Gasteiger partial charge is 0.143 e. The predicted octanol–water partition coefficient (Wildman–Crippen LogP) is 13.7. The molecule has 0 aliphatic rings. The highest BCUT2D eigenvalue weighted by atomic mass is 16.3. The molecule has 0 fully saturated rings. The van der Waals surface area contributed by atoms with E-state index in [4.69, 9.17) is 29.1 Å². The minimum absolute atomic E-state index is 0.0667. The lowest BCUT2D eigenvalue weighted by Crippen LogP contribution is -1.92. The van der Waals surface area contributed by atoms with Crippen molar-refractivity contribution in [3.8, 4) is 44.5 Å². The van der Waals surface area contributed by atoms with Gasteiger partial charge in [-0.2, -0.15) is 0 Å². The van der Waals surface area contributed by atoms with Crippen molar-refractivity contribution in [2.24, 2.45) is 0 Å². The molecular formula is C48H30O. The van der Waals surface area contributed by atoms with E-state index >= 15 is 0 Å². The third-order valence-electron chi connectivity index (χ3n) is 8.46. The van der Waals surface area contributed by atoms with Gasteiger partial charge in [0, 0.05) is 16.3 Å². The lowest BCUT2D eigenvalue weighted by molar-refractivity contribution is 0.670. The van der Waals surface area contributed by atoms with Crippen molar-refractivity contribution in [2.45, 2.75) is 0 Å². The van der Waals surface area contributed by atoms with Gasteiger partial charge in [0.05, 0.1) is 32.9 Å². The summed E-state index contributed by atoms with van der Waals surface area (Å²) in [6.07, 6.45) is 0. The zero-order chi connectivity index (χ0) is 53.2. The number of benzene rings is 9. The summed E-state index contributed by atoms with van der Waals surface area (Å²) in [6.45, 7) is 0. The molecule has 0 saturated carbocycles. The van der Waals surface area contributed by atoms with Gasteiger partial charge in [0.2, 0.25) is 0 Å². The molecule has 49 heavy (non-hydrogen) atoms. The van der Waals surface area contributed by atoms with Gasteiger partial charge in [-0.3, -0.25) is 0 Å². The van der Waals surface area contributed by atoms with Gasteiger partial charge in [0.1, 0.15) is 11.2 Å². The quantitative estimate of drug-likeness (QED) is 0.173. The van der Waals surface area contributed by atoms with Gasteiger partial charge in [0.25, 0.3) is 0 Å². The number of para-hydroxylation sites is 1. The summed E-state index contributed by atoms with van der Waals surface area (Å²) in [7, 11) is 0. The van der Waals surface area contributed by atoms with Crippen LogP contribution in [0.1, 0.15) is 32.9 Å². The summed E-state index contributed by atoms with van der Waals surface area (Å²) < 4.78 is 219. The van der Waals surface area contributed by atoms with Crippen molar-refractivity contribution in [1.29, 1.82) is 0 Å². The number of furan rings is 1. The molecule has 0 spiro atoms. The fourth-order valence-corrected chi connectivity index (χ4v) is 6.49. The first-order valence-electron chi connectivity index (χ1n) is 26.9. The van der Waals surface area contributed by atoms with E-state index in [0.717, 1.165) is 0 Å².